The predicted molar refractivity (Wildman–Crippen MR) is 89.1 cm³/mol. The molecule has 1 aromatic rings. The first kappa shape index (κ1) is 15.2. The van der Waals surface area contributed by atoms with Gasteiger partial charge in [0.25, 0.3) is 0 Å². The number of likely N-dealkylation sites (N-methyl/N-ethyl adjacent to an activating group) is 1. The smallest absolute Gasteiger partial charge is 0.226 e. The van der Waals surface area contributed by atoms with Gasteiger partial charge in [0.1, 0.15) is 0 Å². The molecule has 3 heterocycles. The van der Waals surface area contributed by atoms with Gasteiger partial charge in [0.2, 0.25) is 5.91 Å². The summed E-state index contributed by atoms with van der Waals surface area (Å²) in [5.74, 6) is 1.02. The first-order chi connectivity index (χ1) is 11.2. The van der Waals surface area contributed by atoms with Crippen LogP contribution in [0.1, 0.15) is 50.5 Å². The van der Waals surface area contributed by atoms with Crippen molar-refractivity contribution in [1.29, 1.82) is 0 Å². The van der Waals surface area contributed by atoms with Crippen molar-refractivity contribution in [3.8, 4) is 0 Å². The van der Waals surface area contributed by atoms with E-state index in [1.54, 1.807) is 0 Å². The van der Waals surface area contributed by atoms with Crippen LogP contribution in [0.15, 0.2) is 12.4 Å². The normalized spacial score (nSPS) is 34.3. The number of aryl methyl sites for hydroxylation is 1. The molecular formula is C18H28N4O. The third-order valence-electron chi connectivity index (χ3n) is 6.11. The van der Waals surface area contributed by atoms with Crippen molar-refractivity contribution in [3.05, 3.63) is 18.0 Å². The molecule has 1 amide bonds. The third-order valence-corrected chi connectivity index (χ3v) is 6.11. The molecule has 1 aromatic heterocycles. The SMILES string of the molecule is CCN1CCC[C@@H]1[C@@H]1CCCN1C(=O)[C@H]1C[C@H]1c1cnn(C)c1. The lowest BCUT2D eigenvalue weighted by Crippen LogP contribution is -2.48. The fourth-order valence-corrected chi connectivity index (χ4v) is 4.83. The van der Waals surface area contributed by atoms with Crippen LogP contribution in [0, 0.1) is 5.92 Å². The van der Waals surface area contributed by atoms with Gasteiger partial charge >= 0.3 is 0 Å². The van der Waals surface area contributed by atoms with Gasteiger partial charge in [0.05, 0.1) is 6.20 Å². The van der Waals surface area contributed by atoms with Crippen LogP contribution < -0.4 is 0 Å². The highest BCUT2D eigenvalue weighted by atomic mass is 16.2. The Balaban J connectivity index is 1.44. The van der Waals surface area contributed by atoms with Crippen LogP contribution >= 0.6 is 0 Å². The monoisotopic (exact) mass is 316 g/mol. The second kappa shape index (κ2) is 5.93. The highest BCUT2D eigenvalue weighted by molar-refractivity contribution is 5.83. The quantitative estimate of drug-likeness (QED) is 0.853. The Kier molecular flexibility index (Phi) is 3.92. The molecule has 2 aliphatic heterocycles. The van der Waals surface area contributed by atoms with E-state index >= 15 is 0 Å². The van der Waals surface area contributed by atoms with Crippen molar-refractivity contribution in [2.45, 2.75) is 57.0 Å². The summed E-state index contributed by atoms with van der Waals surface area (Å²) in [4.78, 5) is 17.9. The molecule has 5 nitrogen and oxygen atoms in total. The highest BCUT2D eigenvalue weighted by Gasteiger charge is 2.49. The molecule has 0 N–H and O–H groups in total. The second-order valence-corrected chi connectivity index (χ2v) is 7.48. The maximum atomic E-state index is 13.0. The molecule has 0 bridgehead atoms. The van der Waals surface area contributed by atoms with Gasteiger partial charge < -0.3 is 4.90 Å². The van der Waals surface area contributed by atoms with Crippen LogP contribution in [-0.4, -0.2) is 57.2 Å². The molecule has 0 aromatic carbocycles. The van der Waals surface area contributed by atoms with E-state index in [0.717, 1.165) is 19.5 Å². The zero-order chi connectivity index (χ0) is 16.0. The Morgan fingerprint density at radius 1 is 1.26 bits per heavy atom. The van der Waals surface area contributed by atoms with Crippen molar-refractivity contribution in [1.82, 2.24) is 19.6 Å². The molecule has 3 fully saturated rings. The minimum absolute atomic E-state index is 0.205. The largest absolute Gasteiger partial charge is 0.338 e. The Labute approximate surface area is 138 Å². The summed E-state index contributed by atoms with van der Waals surface area (Å²) in [5.41, 5.74) is 1.23. The number of hydrogen-bond donors (Lipinski definition) is 0. The van der Waals surface area contributed by atoms with Crippen molar-refractivity contribution < 1.29 is 4.79 Å². The maximum Gasteiger partial charge on any atom is 0.226 e. The number of hydrogen-bond acceptors (Lipinski definition) is 3. The summed E-state index contributed by atoms with van der Waals surface area (Å²) >= 11 is 0. The summed E-state index contributed by atoms with van der Waals surface area (Å²) in [5, 5.41) is 4.25. The van der Waals surface area contributed by atoms with Crippen LogP contribution in [0.3, 0.4) is 0 Å². The van der Waals surface area contributed by atoms with Crippen LogP contribution in [0.25, 0.3) is 0 Å². The molecular weight excluding hydrogens is 288 g/mol. The lowest BCUT2D eigenvalue weighted by molar-refractivity contribution is -0.134. The number of aromatic nitrogens is 2. The Hall–Kier alpha value is -1.36. The summed E-state index contributed by atoms with van der Waals surface area (Å²) in [7, 11) is 1.94. The number of rotatable bonds is 4. The van der Waals surface area contributed by atoms with Crippen LogP contribution in [0.4, 0.5) is 0 Å². The van der Waals surface area contributed by atoms with Crippen LogP contribution in [-0.2, 0) is 11.8 Å². The van der Waals surface area contributed by atoms with Gasteiger partial charge in [-0.05, 0) is 56.7 Å². The zero-order valence-electron chi connectivity index (χ0n) is 14.3. The molecule has 0 radical (unpaired) electrons. The maximum absolute atomic E-state index is 13.0. The molecule has 2 saturated heterocycles. The van der Waals surface area contributed by atoms with Gasteiger partial charge in [0, 0.05) is 37.8 Å². The van der Waals surface area contributed by atoms with Gasteiger partial charge in [-0.15, -0.1) is 0 Å². The highest BCUT2D eigenvalue weighted by Crippen LogP contribution is 2.49. The summed E-state index contributed by atoms with van der Waals surface area (Å²) < 4.78 is 1.84. The molecule has 4 atom stereocenters. The van der Waals surface area contributed by atoms with Gasteiger partial charge in [-0.3, -0.25) is 14.4 Å². The van der Waals surface area contributed by atoms with Crippen molar-refractivity contribution in [2.75, 3.05) is 19.6 Å². The fraction of sp³-hybridized carbons (Fsp3) is 0.778. The molecule has 0 unspecified atom stereocenters. The standard InChI is InChI=1S/C18H28N4O/c1-3-21-8-4-6-16(21)17-7-5-9-22(17)18(23)15-10-14(15)13-11-19-20(2)12-13/h11-12,14-17H,3-10H2,1-2H3/t14-,15-,16+,17-/m0/s1. The average Bonchev–Trinajstić information content (AvgIpc) is 2.95. The van der Waals surface area contributed by atoms with E-state index in [9.17, 15) is 4.79 Å². The van der Waals surface area contributed by atoms with E-state index in [2.05, 4.69) is 28.0 Å². The number of carbonyl (C=O) groups excluding carboxylic acids is 1. The molecule has 1 aliphatic carbocycles. The molecule has 3 aliphatic rings. The topological polar surface area (TPSA) is 41.4 Å². The van der Waals surface area contributed by atoms with E-state index in [1.165, 1.54) is 37.8 Å². The lowest BCUT2D eigenvalue weighted by Gasteiger charge is -2.34. The summed E-state index contributed by atoms with van der Waals surface area (Å²) in [6.45, 7) is 5.54. The van der Waals surface area contributed by atoms with Crippen molar-refractivity contribution in [3.63, 3.8) is 0 Å². The fourth-order valence-electron chi connectivity index (χ4n) is 4.83. The van der Waals surface area contributed by atoms with E-state index in [0.29, 0.717) is 23.9 Å². The zero-order valence-corrected chi connectivity index (χ0v) is 14.3. The number of amides is 1. The van der Waals surface area contributed by atoms with Gasteiger partial charge in [0.15, 0.2) is 0 Å². The Morgan fingerprint density at radius 2 is 2.04 bits per heavy atom. The summed E-state index contributed by atoms with van der Waals surface area (Å²) in [6.07, 6.45) is 9.92. The van der Waals surface area contributed by atoms with Crippen LogP contribution in [0.5, 0.6) is 0 Å². The van der Waals surface area contributed by atoms with Crippen LogP contribution in [0.2, 0.25) is 0 Å². The first-order valence-electron chi connectivity index (χ1n) is 9.22. The van der Waals surface area contributed by atoms with E-state index in [-0.39, 0.29) is 5.92 Å². The lowest BCUT2D eigenvalue weighted by atomic mass is 10.0. The third kappa shape index (κ3) is 2.69. The number of carbonyl (C=O) groups is 1. The summed E-state index contributed by atoms with van der Waals surface area (Å²) in [6, 6.07) is 1.06. The van der Waals surface area contributed by atoms with Gasteiger partial charge in [-0.2, -0.15) is 5.10 Å². The second-order valence-electron chi connectivity index (χ2n) is 7.48. The minimum Gasteiger partial charge on any atom is -0.338 e. The Bertz CT molecular complexity index is 583. The average molecular weight is 316 g/mol. The van der Waals surface area contributed by atoms with Gasteiger partial charge in [-0.25, -0.2) is 0 Å². The molecule has 4 rings (SSSR count). The molecule has 0 spiro atoms. The molecule has 23 heavy (non-hydrogen) atoms. The van der Waals surface area contributed by atoms with E-state index in [4.69, 9.17) is 0 Å². The van der Waals surface area contributed by atoms with E-state index < -0.39 is 0 Å². The molecule has 5 heteroatoms. The van der Waals surface area contributed by atoms with E-state index in [1.807, 2.05) is 17.9 Å². The minimum atomic E-state index is 0.205. The predicted octanol–water partition coefficient (Wildman–Crippen LogP) is 2.00. The first-order valence-corrected chi connectivity index (χ1v) is 9.22. The number of likely N-dealkylation sites (tertiary alicyclic amines) is 2. The Morgan fingerprint density at radius 3 is 2.78 bits per heavy atom. The van der Waals surface area contributed by atoms with Crippen molar-refractivity contribution in [2.24, 2.45) is 13.0 Å². The molecule has 1 saturated carbocycles. The number of nitrogens with zero attached hydrogens (tertiary/aromatic N) is 4. The van der Waals surface area contributed by atoms with Crippen molar-refractivity contribution >= 4 is 5.91 Å². The molecule has 126 valence electrons. The van der Waals surface area contributed by atoms with Gasteiger partial charge in [-0.1, -0.05) is 6.92 Å².